The first-order valence-corrected chi connectivity index (χ1v) is 13.8. The number of Topliss-reactive ketones (excluding diaryl/α,β-unsaturated/α-hetero) is 1. The predicted molar refractivity (Wildman–Crippen MR) is 129 cm³/mol. The van der Waals surface area contributed by atoms with Crippen LogP contribution in [0, 0.1) is 5.92 Å². The van der Waals surface area contributed by atoms with Crippen molar-refractivity contribution in [3.8, 4) is 0 Å². The predicted octanol–water partition coefficient (Wildman–Crippen LogP) is 3.39. The van der Waals surface area contributed by atoms with Crippen molar-refractivity contribution in [3.05, 3.63) is 63.3 Å². The quantitative estimate of drug-likeness (QED) is 0.393. The molecule has 1 aliphatic rings. The van der Waals surface area contributed by atoms with Crippen molar-refractivity contribution in [1.29, 1.82) is 0 Å². The van der Waals surface area contributed by atoms with Crippen molar-refractivity contribution in [2.75, 3.05) is 13.4 Å². The summed E-state index contributed by atoms with van der Waals surface area (Å²) < 4.78 is 33.4. The van der Waals surface area contributed by atoms with Gasteiger partial charge in [-0.3, -0.25) is 9.69 Å². The van der Waals surface area contributed by atoms with Gasteiger partial charge in [-0.15, -0.1) is 11.3 Å². The Morgan fingerprint density at radius 1 is 1.20 bits per heavy atom. The molecule has 0 unspecified atom stereocenters. The number of ether oxygens (including phenoxy) is 1. The second kappa shape index (κ2) is 10.00. The van der Waals surface area contributed by atoms with Crippen LogP contribution in [0.15, 0.2) is 39.8 Å². The van der Waals surface area contributed by atoms with Crippen LogP contribution >= 0.6 is 11.3 Å². The molecule has 0 saturated heterocycles. The first-order valence-electron chi connectivity index (χ1n) is 11.1. The van der Waals surface area contributed by atoms with Crippen molar-refractivity contribution in [2.45, 2.75) is 50.7 Å². The van der Waals surface area contributed by atoms with Crippen molar-refractivity contribution < 1.29 is 27.2 Å². The Morgan fingerprint density at radius 2 is 1.91 bits per heavy atom. The van der Waals surface area contributed by atoms with E-state index in [4.69, 9.17) is 9.40 Å². The lowest BCUT2D eigenvalue weighted by atomic mass is 10.0. The molecule has 4 rings (SSSR count). The van der Waals surface area contributed by atoms with Gasteiger partial charge in [-0.05, 0) is 23.6 Å². The fourth-order valence-corrected chi connectivity index (χ4v) is 6.04. The number of ketones is 1. The Labute approximate surface area is 208 Å². The smallest absolute Gasteiger partial charge is 0.360 e. The lowest BCUT2D eigenvalue weighted by Crippen LogP contribution is -2.26. The van der Waals surface area contributed by atoms with Gasteiger partial charge in [0.25, 0.3) is 0 Å². The average molecular weight is 518 g/mol. The van der Waals surface area contributed by atoms with Crippen LogP contribution in [0.1, 0.15) is 57.4 Å². The first-order chi connectivity index (χ1) is 16.5. The van der Waals surface area contributed by atoms with E-state index in [1.165, 1.54) is 36.8 Å². The van der Waals surface area contributed by atoms with Crippen molar-refractivity contribution in [1.82, 2.24) is 14.9 Å². The van der Waals surface area contributed by atoms with Gasteiger partial charge in [0.2, 0.25) is 5.89 Å². The Morgan fingerprint density at radius 3 is 2.54 bits per heavy atom. The van der Waals surface area contributed by atoms with E-state index in [0.29, 0.717) is 19.0 Å². The highest BCUT2D eigenvalue weighted by Crippen LogP contribution is 2.41. The highest BCUT2D eigenvalue weighted by Gasteiger charge is 2.37. The third-order valence-electron chi connectivity index (χ3n) is 5.81. The Balaban J connectivity index is 1.42. The monoisotopic (exact) mass is 517 g/mol. The highest BCUT2D eigenvalue weighted by molar-refractivity contribution is 7.90. The van der Waals surface area contributed by atoms with E-state index >= 15 is 0 Å². The number of rotatable bonds is 9. The number of carbonyl (C=O) groups is 2. The third kappa shape index (κ3) is 5.68. The van der Waals surface area contributed by atoms with E-state index in [-0.39, 0.29) is 41.2 Å². The Kier molecular flexibility index (Phi) is 7.20. The molecule has 0 spiro atoms. The summed E-state index contributed by atoms with van der Waals surface area (Å²) >= 11 is 1.54. The number of oxazole rings is 1. The van der Waals surface area contributed by atoms with Gasteiger partial charge in [-0.25, -0.2) is 23.2 Å². The lowest BCUT2D eigenvalue weighted by Gasteiger charge is -2.26. The van der Waals surface area contributed by atoms with Gasteiger partial charge in [-0.2, -0.15) is 0 Å². The number of carbonyl (C=O) groups excluding carboxylic acids is 2. The molecule has 1 aromatic carbocycles. The maximum atomic E-state index is 12.7. The fraction of sp³-hybridized carbons (Fsp3) is 0.417. The Bertz CT molecular complexity index is 1340. The van der Waals surface area contributed by atoms with Gasteiger partial charge < -0.3 is 9.15 Å². The SMILES string of the molecule is COC(=O)c1coc(CN2Cc3sc(CC(=O)Cc4ccc(S(C)(=O)=O)cc4)nc3[C@H]2C(C)C)n1. The molecule has 0 saturated carbocycles. The number of esters is 1. The van der Waals surface area contributed by atoms with Gasteiger partial charge in [0.1, 0.15) is 17.1 Å². The minimum atomic E-state index is -3.26. The van der Waals surface area contributed by atoms with Crippen LogP contribution < -0.4 is 0 Å². The molecule has 11 heteroatoms. The standard InChI is InChI=1S/C24H27N3O6S2/c1-14(2)23-22-19(11-27(23)12-20-25-18(13-33-20)24(29)32-3)34-21(26-22)10-16(28)9-15-5-7-17(8-6-15)35(4,30)31/h5-8,13-14,23H,9-12H2,1-4H3/t23-/m1/s1. The van der Waals surface area contributed by atoms with Gasteiger partial charge in [0.15, 0.2) is 15.5 Å². The third-order valence-corrected chi connectivity index (χ3v) is 7.99. The maximum absolute atomic E-state index is 12.7. The van der Waals surface area contributed by atoms with Gasteiger partial charge in [0, 0.05) is 24.1 Å². The summed E-state index contributed by atoms with van der Waals surface area (Å²) in [5.41, 5.74) is 1.89. The van der Waals surface area contributed by atoms with Gasteiger partial charge in [-0.1, -0.05) is 26.0 Å². The van der Waals surface area contributed by atoms with Gasteiger partial charge >= 0.3 is 5.97 Å². The van der Waals surface area contributed by atoms with Crippen LogP contribution in [0.4, 0.5) is 0 Å². The molecule has 2 aromatic heterocycles. The summed E-state index contributed by atoms with van der Waals surface area (Å²) in [7, 11) is -1.97. The summed E-state index contributed by atoms with van der Waals surface area (Å²) in [6.45, 7) is 5.33. The molecule has 1 atom stereocenters. The second-order valence-electron chi connectivity index (χ2n) is 8.94. The number of hydrogen-bond donors (Lipinski definition) is 0. The normalized spacial score (nSPS) is 16.0. The molecular weight excluding hydrogens is 490 g/mol. The van der Waals surface area contributed by atoms with Crippen LogP contribution in [0.3, 0.4) is 0 Å². The highest BCUT2D eigenvalue weighted by atomic mass is 32.2. The van der Waals surface area contributed by atoms with E-state index in [2.05, 4.69) is 28.5 Å². The Hall–Kier alpha value is -2.89. The van der Waals surface area contributed by atoms with Gasteiger partial charge in [0.05, 0.1) is 36.7 Å². The van der Waals surface area contributed by atoms with E-state index in [1.54, 1.807) is 12.1 Å². The summed E-state index contributed by atoms with van der Waals surface area (Å²) in [5.74, 6) is 0.189. The molecule has 0 fully saturated rings. The molecule has 35 heavy (non-hydrogen) atoms. The zero-order valence-corrected chi connectivity index (χ0v) is 21.6. The van der Waals surface area contributed by atoms with Crippen LogP contribution in [0.2, 0.25) is 0 Å². The fourth-order valence-electron chi connectivity index (χ4n) is 4.25. The molecule has 3 aromatic rings. The van der Waals surface area contributed by atoms with E-state index in [0.717, 1.165) is 27.4 Å². The van der Waals surface area contributed by atoms with E-state index in [1.807, 2.05) is 0 Å². The lowest BCUT2D eigenvalue weighted by molar-refractivity contribution is -0.117. The topological polar surface area (TPSA) is 120 Å². The molecule has 0 radical (unpaired) electrons. The largest absolute Gasteiger partial charge is 0.464 e. The molecule has 3 heterocycles. The second-order valence-corrected chi connectivity index (χ2v) is 12.1. The number of aromatic nitrogens is 2. The first kappa shape index (κ1) is 25.2. The minimum Gasteiger partial charge on any atom is -0.464 e. The number of nitrogens with zero attached hydrogens (tertiary/aromatic N) is 3. The summed E-state index contributed by atoms with van der Waals surface area (Å²) in [4.78, 5) is 36.9. The number of sulfone groups is 1. The van der Waals surface area contributed by atoms with Crippen LogP contribution in [-0.2, 0) is 45.3 Å². The molecule has 0 aliphatic carbocycles. The molecular formula is C24H27N3O6S2. The molecule has 0 N–H and O–H groups in total. The van der Waals surface area contributed by atoms with Crippen LogP contribution in [0.25, 0.3) is 0 Å². The number of thiazole rings is 1. The van der Waals surface area contributed by atoms with Crippen LogP contribution in [0.5, 0.6) is 0 Å². The molecule has 0 amide bonds. The van der Waals surface area contributed by atoms with E-state index < -0.39 is 15.8 Å². The average Bonchev–Trinajstić information content (AvgIpc) is 3.47. The number of methoxy groups -OCH3 is 1. The zero-order chi connectivity index (χ0) is 25.3. The zero-order valence-electron chi connectivity index (χ0n) is 20.0. The summed E-state index contributed by atoms with van der Waals surface area (Å²) in [6, 6.07) is 6.45. The molecule has 186 valence electrons. The molecule has 9 nitrogen and oxygen atoms in total. The number of benzene rings is 1. The van der Waals surface area contributed by atoms with E-state index in [9.17, 15) is 18.0 Å². The number of fused-ring (bicyclic) bond motifs is 1. The molecule has 1 aliphatic heterocycles. The number of hydrogen-bond acceptors (Lipinski definition) is 10. The summed E-state index contributed by atoms with van der Waals surface area (Å²) in [5, 5.41) is 0.780. The molecule has 0 bridgehead atoms. The minimum absolute atomic E-state index is 0.0256. The van der Waals surface area contributed by atoms with Crippen molar-refractivity contribution >= 4 is 32.9 Å². The van der Waals surface area contributed by atoms with Crippen molar-refractivity contribution in [2.24, 2.45) is 5.92 Å². The van der Waals surface area contributed by atoms with Crippen LogP contribution in [-0.4, -0.2) is 48.4 Å². The maximum Gasteiger partial charge on any atom is 0.360 e. The summed E-state index contributed by atoms with van der Waals surface area (Å²) in [6.07, 6.45) is 2.92. The van der Waals surface area contributed by atoms with Crippen molar-refractivity contribution in [3.63, 3.8) is 0 Å².